The Kier molecular flexibility index (Phi) is 4.11. The summed E-state index contributed by atoms with van der Waals surface area (Å²) in [5.41, 5.74) is 2.30. The van der Waals surface area contributed by atoms with Crippen LogP contribution >= 0.6 is 0 Å². The molecule has 0 heterocycles. The fourth-order valence-corrected chi connectivity index (χ4v) is 1.49. The number of carbonyl (C=O) groups is 1. The Morgan fingerprint density at radius 2 is 1.88 bits per heavy atom. The molecule has 0 N–H and O–H groups in total. The van der Waals surface area contributed by atoms with Crippen LogP contribution in [0.3, 0.4) is 0 Å². The predicted octanol–water partition coefficient (Wildman–Crippen LogP) is 3.47. The molecule has 0 saturated heterocycles. The van der Waals surface area contributed by atoms with Gasteiger partial charge in [0.05, 0.1) is 0 Å². The van der Waals surface area contributed by atoms with Crippen molar-refractivity contribution in [3.63, 3.8) is 0 Å². The van der Waals surface area contributed by atoms with E-state index in [2.05, 4.69) is 26.0 Å². The van der Waals surface area contributed by atoms with E-state index in [4.69, 9.17) is 4.74 Å². The van der Waals surface area contributed by atoms with Crippen molar-refractivity contribution >= 4 is 5.78 Å². The lowest BCUT2D eigenvalue weighted by Gasteiger charge is -2.17. The lowest BCUT2D eigenvalue weighted by atomic mass is 10.0. The maximum Gasteiger partial charge on any atom is 0.169 e. The van der Waals surface area contributed by atoms with Crippen LogP contribution in [-0.4, -0.2) is 11.9 Å². The molecule has 0 aliphatic carbocycles. The van der Waals surface area contributed by atoms with Gasteiger partial charge in [0.2, 0.25) is 0 Å². The summed E-state index contributed by atoms with van der Waals surface area (Å²) in [7, 11) is 0. The molecule has 0 radical (unpaired) electrons. The topological polar surface area (TPSA) is 26.3 Å². The fraction of sp³-hybridized carbons (Fsp3) is 0.500. The van der Waals surface area contributed by atoms with Gasteiger partial charge in [-0.3, -0.25) is 4.79 Å². The third-order valence-electron chi connectivity index (χ3n) is 2.67. The molecule has 1 unspecified atom stereocenters. The molecule has 0 aromatic heterocycles. The molecular weight excluding hydrogens is 200 g/mol. The quantitative estimate of drug-likeness (QED) is 0.776. The van der Waals surface area contributed by atoms with E-state index in [9.17, 15) is 4.79 Å². The van der Waals surface area contributed by atoms with Gasteiger partial charge in [0.15, 0.2) is 11.9 Å². The molecule has 0 fully saturated rings. The Labute approximate surface area is 97.6 Å². The first-order chi connectivity index (χ1) is 7.41. The Morgan fingerprint density at radius 3 is 2.38 bits per heavy atom. The second-order valence-electron chi connectivity index (χ2n) is 4.57. The molecule has 0 saturated carbocycles. The molecule has 88 valence electrons. The maximum absolute atomic E-state index is 11.2. The third-order valence-corrected chi connectivity index (χ3v) is 2.67. The van der Waals surface area contributed by atoms with Gasteiger partial charge in [0, 0.05) is 0 Å². The summed E-state index contributed by atoms with van der Waals surface area (Å²) in [4.78, 5) is 11.2. The van der Waals surface area contributed by atoms with Crippen molar-refractivity contribution in [3.8, 4) is 5.75 Å². The van der Waals surface area contributed by atoms with Crippen LogP contribution in [-0.2, 0) is 4.79 Å². The van der Waals surface area contributed by atoms with E-state index in [0.29, 0.717) is 5.92 Å². The summed E-state index contributed by atoms with van der Waals surface area (Å²) in [5.74, 6) is 1.28. The van der Waals surface area contributed by atoms with Crippen molar-refractivity contribution in [1.82, 2.24) is 0 Å². The Balaban J connectivity index is 3.01. The summed E-state index contributed by atoms with van der Waals surface area (Å²) in [6.07, 6.45) is -0.376. The Morgan fingerprint density at radius 1 is 1.25 bits per heavy atom. The van der Waals surface area contributed by atoms with E-state index < -0.39 is 0 Å². The van der Waals surface area contributed by atoms with Gasteiger partial charge in [-0.1, -0.05) is 26.0 Å². The normalized spacial score (nSPS) is 12.6. The van der Waals surface area contributed by atoms with E-state index in [1.807, 2.05) is 13.0 Å². The number of rotatable bonds is 4. The molecule has 0 bridgehead atoms. The molecule has 2 nitrogen and oxygen atoms in total. The number of ketones is 1. The molecule has 16 heavy (non-hydrogen) atoms. The molecule has 2 heteroatoms. The first-order valence-electron chi connectivity index (χ1n) is 5.69. The van der Waals surface area contributed by atoms with Crippen molar-refractivity contribution in [2.45, 2.75) is 46.6 Å². The van der Waals surface area contributed by atoms with E-state index in [1.165, 1.54) is 0 Å². The molecule has 1 aromatic rings. The minimum absolute atomic E-state index is 0.0520. The second-order valence-corrected chi connectivity index (χ2v) is 4.57. The zero-order valence-electron chi connectivity index (χ0n) is 10.7. The number of hydrogen-bond donors (Lipinski definition) is 0. The number of Topliss-reactive ketones (excluding diaryl/α,β-unsaturated/α-hetero) is 1. The van der Waals surface area contributed by atoms with E-state index in [1.54, 1.807) is 13.8 Å². The first-order valence-corrected chi connectivity index (χ1v) is 5.69. The van der Waals surface area contributed by atoms with E-state index in [0.717, 1.165) is 16.9 Å². The van der Waals surface area contributed by atoms with Gasteiger partial charge in [-0.05, 0) is 43.9 Å². The summed E-state index contributed by atoms with van der Waals surface area (Å²) >= 11 is 0. The average Bonchev–Trinajstić information content (AvgIpc) is 2.16. The third kappa shape index (κ3) is 3.09. The number of carbonyl (C=O) groups excluding carboxylic acids is 1. The highest BCUT2D eigenvalue weighted by Crippen LogP contribution is 2.28. The molecule has 1 rings (SSSR count). The summed E-state index contributed by atoms with van der Waals surface area (Å²) < 4.78 is 5.70. The van der Waals surface area contributed by atoms with E-state index >= 15 is 0 Å². The molecule has 0 aliphatic heterocycles. The number of benzene rings is 1. The van der Waals surface area contributed by atoms with Crippen LogP contribution in [0.1, 0.15) is 44.7 Å². The van der Waals surface area contributed by atoms with Gasteiger partial charge in [-0.25, -0.2) is 0 Å². The van der Waals surface area contributed by atoms with Gasteiger partial charge in [0.25, 0.3) is 0 Å². The lowest BCUT2D eigenvalue weighted by molar-refractivity contribution is -0.122. The number of aryl methyl sites for hydroxylation is 1. The zero-order chi connectivity index (χ0) is 12.3. The fourth-order valence-electron chi connectivity index (χ4n) is 1.49. The maximum atomic E-state index is 11.2. The minimum atomic E-state index is -0.376. The van der Waals surface area contributed by atoms with Gasteiger partial charge < -0.3 is 4.74 Å². The van der Waals surface area contributed by atoms with Crippen LogP contribution in [0.25, 0.3) is 0 Å². The molecule has 1 atom stereocenters. The summed E-state index contributed by atoms with van der Waals surface area (Å²) in [6.45, 7) is 9.60. The number of hydrogen-bond acceptors (Lipinski definition) is 2. The molecule has 0 spiro atoms. The monoisotopic (exact) mass is 220 g/mol. The van der Waals surface area contributed by atoms with Gasteiger partial charge in [-0.15, -0.1) is 0 Å². The standard InChI is InChI=1S/C14H20O2/c1-9(2)13-7-6-10(3)8-14(13)16-12(5)11(4)15/h6-9,12H,1-5H3. The number of ether oxygens (including phenoxy) is 1. The van der Waals surface area contributed by atoms with Crippen molar-refractivity contribution < 1.29 is 9.53 Å². The first kappa shape index (κ1) is 12.8. The van der Waals surface area contributed by atoms with Crippen molar-refractivity contribution in [3.05, 3.63) is 29.3 Å². The van der Waals surface area contributed by atoms with Crippen LogP contribution in [0.4, 0.5) is 0 Å². The Hall–Kier alpha value is -1.31. The average molecular weight is 220 g/mol. The molecule has 1 aromatic carbocycles. The smallest absolute Gasteiger partial charge is 0.169 e. The highest BCUT2D eigenvalue weighted by Gasteiger charge is 2.13. The highest BCUT2D eigenvalue weighted by molar-refractivity contribution is 5.80. The van der Waals surface area contributed by atoms with Crippen LogP contribution in [0.2, 0.25) is 0 Å². The largest absolute Gasteiger partial charge is 0.483 e. The zero-order valence-corrected chi connectivity index (χ0v) is 10.7. The minimum Gasteiger partial charge on any atom is -0.483 e. The van der Waals surface area contributed by atoms with Crippen LogP contribution < -0.4 is 4.74 Å². The highest BCUT2D eigenvalue weighted by atomic mass is 16.5. The molecule has 0 amide bonds. The van der Waals surface area contributed by atoms with E-state index in [-0.39, 0.29) is 11.9 Å². The SMILES string of the molecule is CC(=O)C(C)Oc1cc(C)ccc1C(C)C. The van der Waals surface area contributed by atoms with Crippen LogP contribution in [0.15, 0.2) is 18.2 Å². The van der Waals surface area contributed by atoms with Crippen LogP contribution in [0, 0.1) is 6.92 Å². The Bertz CT molecular complexity index is 380. The summed E-state index contributed by atoms with van der Waals surface area (Å²) in [6, 6.07) is 6.14. The van der Waals surface area contributed by atoms with Crippen molar-refractivity contribution in [2.24, 2.45) is 0 Å². The van der Waals surface area contributed by atoms with Crippen molar-refractivity contribution in [2.75, 3.05) is 0 Å². The predicted molar refractivity (Wildman–Crippen MR) is 66.0 cm³/mol. The summed E-state index contributed by atoms with van der Waals surface area (Å²) in [5, 5.41) is 0. The van der Waals surface area contributed by atoms with Crippen molar-refractivity contribution in [1.29, 1.82) is 0 Å². The molecular formula is C14H20O2. The molecule has 0 aliphatic rings. The lowest BCUT2D eigenvalue weighted by Crippen LogP contribution is -2.21. The van der Waals surface area contributed by atoms with Crippen LogP contribution in [0.5, 0.6) is 5.75 Å². The van der Waals surface area contributed by atoms with Gasteiger partial charge in [-0.2, -0.15) is 0 Å². The van der Waals surface area contributed by atoms with Gasteiger partial charge in [0.1, 0.15) is 5.75 Å². The van der Waals surface area contributed by atoms with Gasteiger partial charge >= 0.3 is 0 Å². The second kappa shape index (κ2) is 5.15.